The number of ether oxygens (including phenoxy) is 1. The maximum absolute atomic E-state index is 12.5. The third-order valence-electron chi connectivity index (χ3n) is 3.51. The predicted molar refractivity (Wildman–Crippen MR) is 91.6 cm³/mol. The molecule has 3 rings (SSSR count). The highest BCUT2D eigenvalue weighted by molar-refractivity contribution is 7.86. The first-order chi connectivity index (χ1) is 11.9. The van der Waals surface area contributed by atoms with Gasteiger partial charge in [0.1, 0.15) is 5.75 Å². The van der Waals surface area contributed by atoms with Crippen molar-refractivity contribution in [3.05, 3.63) is 82.4 Å². The molecule has 1 atom stereocenters. The zero-order chi connectivity index (χ0) is 18.0. The van der Waals surface area contributed by atoms with Gasteiger partial charge in [0, 0.05) is 10.6 Å². The largest absolute Gasteiger partial charge is 0.460 e. The summed E-state index contributed by atoms with van der Waals surface area (Å²) in [5.74, 6) is -2.00. The van der Waals surface area contributed by atoms with Gasteiger partial charge in [-0.05, 0) is 11.6 Å². The number of halogens is 1. The molecule has 1 aliphatic rings. The number of rotatable bonds is 5. The lowest BCUT2D eigenvalue weighted by molar-refractivity contribution is -0.123. The summed E-state index contributed by atoms with van der Waals surface area (Å²) in [6, 6.07) is 15.0. The smallest absolute Gasteiger partial charge is 0.313 e. The predicted octanol–water partition coefficient (Wildman–Crippen LogP) is 2.65. The zero-order valence-electron chi connectivity index (χ0n) is 12.9. The highest BCUT2D eigenvalue weighted by Crippen LogP contribution is 2.35. The van der Waals surface area contributed by atoms with Crippen molar-refractivity contribution in [3.8, 4) is 0 Å². The van der Waals surface area contributed by atoms with E-state index in [0.717, 1.165) is 0 Å². The van der Waals surface area contributed by atoms with Crippen LogP contribution in [-0.2, 0) is 29.6 Å². The molecule has 8 heteroatoms. The van der Waals surface area contributed by atoms with Gasteiger partial charge in [-0.25, -0.2) is 0 Å². The van der Waals surface area contributed by atoms with Crippen molar-refractivity contribution < 1.29 is 22.1 Å². The minimum atomic E-state index is -4.07. The fourth-order valence-corrected chi connectivity index (χ4v) is 3.70. The van der Waals surface area contributed by atoms with Gasteiger partial charge in [-0.1, -0.05) is 60.1 Å². The summed E-state index contributed by atoms with van der Waals surface area (Å²) in [7, 11) is -4.07. The van der Waals surface area contributed by atoms with Crippen LogP contribution in [0.25, 0.3) is 0 Å². The highest BCUT2D eigenvalue weighted by Gasteiger charge is 2.40. The van der Waals surface area contributed by atoms with Crippen LogP contribution in [0.3, 0.4) is 0 Å². The van der Waals surface area contributed by atoms with E-state index in [2.05, 4.69) is 0 Å². The van der Waals surface area contributed by atoms with E-state index in [1.54, 1.807) is 54.6 Å². The van der Waals surface area contributed by atoms with E-state index in [1.807, 2.05) is 0 Å². The summed E-state index contributed by atoms with van der Waals surface area (Å²) in [6.07, 6.45) is -1.13. The van der Waals surface area contributed by atoms with Gasteiger partial charge in [0.15, 0.2) is 6.10 Å². The van der Waals surface area contributed by atoms with E-state index in [1.165, 1.54) is 0 Å². The van der Waals surface area contributed by atoms with Crippen molar-refractivity contribution in [2.75, 3.05) is 0 Å². The van der Waals surface area contributed by atoms with Crippen LogP contribution in [0.1, 0.15) is 17.2 Å². The maximum atomic E-state index is 12.5. The molecule has 0 spiro atoms. The van der Waals surface area contributed by atoms with Crippen LogP contribution in [0.4, 0.5) is 0 Å². The summed E-state index contributed by atoms with van der Waals surface area (Å²) in [5, 5.41) is 0.307. The van der Waals surface area contributed by atoms with Crippen molar-refractivity contribution in [2.24, 2.45) is 5.73 Å². The Balaban J connectivity index is 1.80. The highest BCUT2D eigenvalue weighted by atomic mass is 35.5. The second-order valence-corrected chi connectivity index (χ2v) is 7.33. The maximum Gasteiger partial charge on any atom is 0.313 e. The third-order valence-corrected chi connectivity index (χ3v) is 4.97. The van der Waals surface area contributed by atoms with Gasteiger partial charge in [0.25, 0.3) is 0 Å². The van der Waals surface area contributed by atoms with Gasteiger partial charge >= 0.3 is 10.1 Å². The molecule has 2 aromatic rings. The number of nitrogens with two attached hydrogens (primary N) is 1. The Bertz CT molecular complexity index is 941. The number of benzene rings is 2. The van der Waals surface area contributed by atoms with Gasteiger partial charge in [0.05, 0.1) is 0 Å². The van der Waals surface area contributed by atoms with Gasteiger partial charge < -0.3 is 14.7 Å². The summed E-state index contributed by atoms with van der Waals surface area (Å²) >= 11 is 6.05. The van der Waals surface area contributed by atoms with E-state index in [-0.39, 0.29) is 5.88 Å². The molecule has 2 aromatic carbocycles. The Hall–Kier alpha value is -2.51. The molecule has 0 saturated carbocycles. The molecule has 6 nitrogen and oxygen atoms in total. The summed E-state index contributed by atoms with van der Waals surface area (Å²) < 4.78 is 34.6. The zero-order valence-corrected chi connectivity index (χ0v) is 14.5. The van der Waals surface area contributed by atoms with Crippen LogP contribution < -0.4 is 5.73 Å². The van der Waals surface area contributed by atoms with Crippen molar-refractivity contribution >= 4 is 27.5 Å². The molecule has 0 saturated heterocycles. The Labute approximate surface area is 149 Å². The molecule has 2 N–H and O–H groups in total. The normalized spacial score (nSPS) is 17.5. The number of carbonyl (C=O) groups is 1. The molecular weight excluding hydrogens is 366 g/mol. The quantitative estimate of drug-likeness (QED) is 0.802. The number of carbonyl (C=O) groups excluding carboxylic acids is 1. The van der Waals surface area contributed by atoms with Crippen LogP contribution in [0.15, 0.2) is 66.2 Å². The van der Waals surface area contributed by atoms with Crippen molar-refractivity contribution in [3.63, 3.8) is 0 Å². The van der Waals surface area contributed by atoms with Crippen LogP contribution in [0.2, 0.25) is 5.02 Å². The lowest BCUT2D eigenvalue weighted by Gasteiger charge is -2.11. The molecule has 1 aliphatic heterocycles. The van der Waals surface area contributed by atoms with Crippen LogP contribution >= 0.6 is 11.6 Å². The molecule has 1 unspecified atom stereocenters. The summed E-state index contributed by atoms with van der Waals surface area (Å²) in [4.78, 5) is 12.5. The second-order valence-electron chi connectivity index (χ2n) is 5.35. The average molecular weight is 380 g/mol. The number of hydrogen-bond acceptors (Lipinski definition) is 6. The Kier molecular flexibility index (Phi) is 4.69. The van der Waals surface area contributed by atoms with E-state index in [9.17, 15) is 13.2 Å². The standard InChI is InChI=1S/C17H14ClNO5S/c18-13-9-5-4-8-12(13)15-14(20)16(17(19)23-15)24-25(21,22)10-11-6-2-1-3-7-11/h1-9,15H,10,19H2. The lowest BCUT2D eigenvalue weighted by Crippen LogP contribution is -2.16. The van der Waals surface area contributed by atoms with Crippen molar-refractivity contribution in [1.29, 1.82) is 0 Å². The lowest BCUT2D eigenvalue weighted by atomic mass is 10.1. The second kappa shape index (κ2) is 6.78. The molecule has 0 radical (unpaired) electrons. The molecule has 0 aliphatic carbocycles. The first-order valence-electron chi connectivity index (χ1n) is 7.28. The molecule has 0 aromatic heterocycles. The average Bonchev–Trinajstić information content (AvgIpc) is 2.83. The van der Waals surface area contributed by atoms with Crippen LogP contribution in [0.5, 0.6) is 0 Å². The van der Waals surface area contributed by atoms with E-state index in [4.69, 9.17) is 26.3 Å². The molecule has 0 bridgehead atoms. The SMILES string of the molecule is NC1=C(OS(=O)(=O)Cc2ccccc2)C(=O)C(c2ccccc2Cl)O1. The third kappa shape index (κ3) is 3.78. The first kappa shape index (κ1) is 17.3. The Morgan fingerprint density at radius 3 is 2.40 bits per heavy atom. The number of ketones is 1. The summed E-state index contributed by atoms with van der Waals surface area (Å²) in [5.41, 5.74) is 6.56. The summed E-state index contributed by atoms with van der Waals surface area (Å²) in [6.45, 7) is 0. The van der Waals surface area contributed by atoms with Crippen LogP contribution in [-0.4, -0.2) is 14.2 Å². The van der Waals surface area contributed by atoms with Gasteiger partial charge in [0.2, 0.25) is 17.4 Å². The fourth-order valence-electron chi connectivity index (χ4n) is 2.38. The number of Topliss-reactive ketones (excluding diaryl/α,β-unsaturated/α-hetero) is 1. The Morgan fingerprint density at radius 1 is 1.08 bits per heavy atom. The fraction of sp³-hybridized carbons (Fsp3) is 0.118. The molecule has 130 valence electrons. The first-order valence-corrected chi connectivity index (χ1v) is 9.24. The van der Waals surface area contributed by atoms with E-state index in [0.29, 0.717) is 16.1 Å². The number of hydrogen-bond donors (Lipinski definition) is 1. The monoisotopic (exact) mass is 379 g/mol. The van der Waals surface area contributed by atoms with Gasteiger partial charge in [-0.15, -0.1) is 0 Å². The van der Waals surface area contributed by atoms with Crippen molar-refractivity contribution in [1.82, 2.24) is 0 Å². The molecule has 0 amide bonds. The molecular formula is C17H14ClNO5S. The minimum Gasteiger partial charge on any atom is -0.460 e. The molecule has 0 fully saturated rings. The van der Waals surface area contributed by atoms with Crippen molar-refractivity contribution in [2.45, 2.75) is 11.9 Å². The minimum absolute atomic E-state index is 0.307. The van der Waals surface area contributed by atoms with Crippen LogP contribution in [0, 0.1) is 0 Å². The van der Waals surface area contributed by atoms with E-state index >= 15 is 0 Å². The molecule has 1 heterocycles. The van der Waals surface area contributed by atoms with Gasteiger partial charge in [-0.3, -0.25) is 4.79 Å². The van der Waals surface area contributed by atoms with E-state index < -0.39 is 33.5 Å². The molecule has 25 heavy (non-hydrogen) atoms. The van der Waals surface area contributed by atoms with Gasteiger partial charge in [-0.2, -0.15) is 8.42 Å². The topological polar surface area (TPSA) is 95.7 Å². The Morgan fingerprint density at radius 2 is 1.72 bits per heavy atom.